The lowest BCUT2D eigenvalue weighted by Crippen LogP contribution is -2.16. The second-order valence-corrected chi connectivity index (χ2v) is 7.01. The lowest BCUT2D eigenvalue weighted by atomic mass is 9.95. The van der Waals surface area contributed by atoms with Crippen LogP contribution in [-0.2, 0) is 17.6 Å². The molecule has 1 aliphatic rings. The fraction of sp³-hybridized carbons (Fsp3) is 0.368. The molecule has 1 aromatic heterocycles. The van der Waals surface area contributed by atoms with Crippen molar-refractivity contribution in [1.82, 2.24) is 0 Å². The van der Waals surface area contributed by atoms with Crippen LogP contribution in [0.3, 0.4) is 0 Å². The van der Waals surface area contributed by atoms with Crippen molar-refractivity contribution in [2.24, 2.45) is 0 Å². The van der Waals surface area contributed by atoms with E-state index >= 15 is 0 Å². The Morgan fingerprint density at radius 1 is 1.08 bits per heavy atom. The molecule has 0 spiro atoms. The molecule has 0 unspecified atom stereocenters. The molecule has 0 radical (unpaired) electrons. The second-order valence-electron chi connectivity index (χ2n) is 5.90. The zero-order valence-corrected chi connectivity index (χ0v) is 15.8. The van der Waals surface area contributed by atoms with Crippen molar-refractivity contribution >= 4 is 28.2 Å². The van der Waals surface area contributed by atoms with Gasteiger partial charge in [-0.2, -0.15) is 0 Å². The molecule has 1 N–H and O–H groups in total. The summed E-state index contributed by atoms with van der Waals surface area (Å²) in [5, 5.41) is 3.39. The first-order chi connectivity index (χ1) is 12.6. The highest BCUT2D eigenvalue weighted by Gasteiger charge is 2.28. The number of fused-ring (bicyclic) bond motifs is 1. The van der Waals surface area contributed by atoms with E-state index < -0.39 is 5.97 Å². The molecule has 138 valence electrons. The third-order valence-electron chi connectivity index (χ3n) is 4.44. The van der Waals surface area contributed by atoms with E-state index in [2.05, 4.69) is 5.32 Å². The molecule has 2 aromatic rings. The minimum atomic E-state index is -0.419. The Hall–Kier alpha value is -2.54. The predicted octanol–water partition coefficient (Wildman–Crippen LogP) is 3.68. The van der Waals surface area contributed by atoms with Crippen LogP contribution in [0.15, 0.2) is 18.2 Å². The van der Waals surface area contributed by atoms with Crippen LogP contribution >= 0.6 is 11.3 Å². The molecule has 1 aliphatic carbocycles. The molecule has 7 heteroatoms. The number of carbonyl (C=O) groups is 2. The van der Waals surface area contributed by atoms with Crippen LogP contribution in [0.5, 0.6) is 11.5 Å². The van der Waals surface area contributed by atoms with E-state index in [1.54, 1.807) is 18.2 Å². The van der Waals surface area contributed by atoms with E-state index in [0.29, 0.717) is 27.6 Å². The van der Waals surface area contributed by atoms with Gasteiger partial charge >= 0.3 is 5.97 Å². The first-order valence-electron chi connectivity index (χ1n) is 8.35. The van der Waals surface area contributed by atoms with Gasteiger partial charge in [0, 0.05) is 4.88 Å². The molecule has 1 heterocycles. The Labute approximate surface area is 156 Å². The Morgan fingerprint density at radius 3 is 2.54 bits per heavy atom. The number of esters is 1. The molecule has 26 heavy (non-hydrogen) atoms. The number of hydrogen-bond donors (Lipinski definition) is 1. The predicted molar refractivity (Wildman–Crippen MR) is 99.8 cm³/mol. The second kappa shape index (κ2) is 7.78. The summed E-state index contributed by atoms with van der Waals surface area (Å²) in [6.45, 7) is 0. The number of hydrogen-bond acceptors (Lipinski definition) is 6. The third kappa shape index (κ3) is 3.26. The van der Waals surface area contributed by atoms with Crippen LogP contribution in [0.4, 0.5) is 5.00 Å². The summed E-state index contributed by atoms with van der Waals surface area (Å²) in [4.78, 5) is 26.3. The normalized spacial score (nSPS) is 12.9. The number of ether oxygens (including phenoxy) is 3. The Kier molecular flexibility index (Phi) is 5.46. The zero-order chi connectivity index (χ0) is 18.7. The lowest BCUT2D eigenvalue weighted by Gasteiger charge is -2.13. The van der Waals surface area contributed by atoms with Crippen molar-refractivity contribution in [3.63, 3.8) is 0 Å². The van der Waals surface area contributed by atoms with Gasteiger partial charge in [0.25, 0.3) is 5.91 Å². The van der Waals surface area contributed by atoms with Crippen molar-refractivity contribution in [2.75, 3.05) is 26.6 Å². The number of anilines is 1. The van der Waals surface area contributed by atoms with Crippen LogP contribution in [0.1, 0.15) is 44.0 Å². The van der Waals surface area contributed by atoms with Crippen LogP contribution < -0.4 is 14.8 Å². The van der Waals surface area contributed by atoms with Crippen LogP contribution in [0, 0.1) is 0 Å². The molecular weight excluding hydrogens is 354 g/mol. The largest absolute Gasteiger partial charge is 0.493 e. The zero-order valence-electron chi connectivity index (χ0n) is 15.0. The van der Waals surface area contributed by atoms with E-state index in [1.807, 2.05) is 0 Å². The van der Waals surface area contributed by atoms with E-state index in [9.17, 15) is 9.59 Å². The quantitative estimate of drug-likeness (QED) is 0.807. The minimum absolute atomic E-state index is 0.342. The van der Waals surface area contributed by atoms with Gasteiger partial charge in [-0.15, -0.1) is 11.3 Å². The first kappa shape index (κ1) is 18.3. The van der Waals surface area contributed by atoms with Gasteiger partial charge in [0.15, 0.2) is 11.5 Å². The van der Waals surface area contributed by atoms with Crippen LogP contribution in [0.25, 0.3) is 0 Å². The summed E-state index contributed by atoms with van der Waals surface area (Å²) >= 11 is 1.45. The van der Waals surface area contributed by atoms with Crippen LogP contribution in [-0.4, -0.2) is 33.2 Å². The number of para-hydroxylation sites is 1. The standard InChI is InChI=1S/C19H21NO5S/c1-23-13-9-6-8-12(16(13)24-2)17(21)20-18-15(19(22)25-3)11-7-4-5-10-14(11)26-18/h6,8-9H,4-5,7,10H2,1-3H3,(H,20,21). The van der Waals surface area contributed by atoms with E-state index in [1.165, 1.54) is 32.7 Å². The Balaban J connectivity index is 1.98. The number of nitrogens with one attached hydrogen (secondary N) is 1. The highest BCUT2D eigenvalue weighted by molar-refractivity contribution is 7.17. The summed E-state index contributed by atoms with van der Waals surface area (Å²) in [6, 6.07) is 5.10. The fourth-order valence-electron chi connectivity index (χ4n) is 3.21. The summed E-state index contributed by atoms with van der Waals surface area (Å²) in [5.41, 5.74) is 1.82. The fourth-order valence-corrected chi connectivity index (χ4v) is 4.48. The van der Waals surface area contributed by atoms with Crippen molar-refractivity contribution in [3.05, 3.63) is 39.8 Å². The summed E-state index contributed by atoms with van der Waals surface area (Å²) < 4.78 is 15.5. The number of rotatable bonds is 5. The van der Waals surface area contributed by atoms with Gasteiger partial charge in [-0.05, 0) is 43.4 Å². The minimum Gasteiger partial charge on any atom is -0.493 e. The molecule has 0 saturated carbocycles. The number of benzene rings is 1. The van der Waals surface area contributed by atoms with Gasteiger partial charge in [0.2, 0.25) is 0 Å². The average Bonchev–Trinajstić information content (AvgIpc) is 3.04. The van der Waals surface area contributed by atoms with Crippen molar-refractivity contribution in [2.45, 2.75) is 25.7 Å². The van der Waals surface area contributed by atoms with E-state index in [0.717, 1.165) is 36.1 Å². The van der Waals surface area contributed by atoms with Gasteiger partial charge < -0.3 is 19.5 Å². The number of methoxy groups -OCH3 is 3. The topological polar surface area (TPSA) is 73.9 Å². The number of amides is 1. The molecular formula is C19H21NO5S. The van der Waals surface area contributed by atoms with E-state index in [-0.39, 0.29) is 5.91 Å². The first-order valence-corrected chi connectivity index (χ1v) is 9.17. The van der Waals surface area contributed by atoms with Gasteiger partial charge in [-0.1, -0.05) is 6.07 Å². The Morgan fingerprint density at radius 2 is 1.85 bits per heavy atom. The molecule has 1 aromatic carbocycles. The smallest absolute Gasteiger partial charge is 0.341 e. The third-order valence-corrected chi connectivity index (χ3v) is 5.64. The van der Waals surface area contributed by atoms with Crippen molar-refractivity contribution < 1.29 is 23.8 Å². The summed E-state index contributed by atoms with van der Waals surface area (Å²) in [5.74, 6) is 0.0501. The van der Waals surface area contributed by atoms with Crippen molar-refractivity contribution in [3.8, 4) is 11.5 Å². The molecule has 0 bridgehead atoms. The molecule has 0 aliphatic heterocycles. The van der Waals surface area contributed by atoms with Crippen LogP contribution in [0.2, 0.25) is 0 Å². The molecule has 3 rings (SSSR count). The molecule has 0 atom stereocenters. The molecule has 0 saturated heterocycles. The van der Waals surface area contributed by atoms with Gasteiger partial charge in [-0.3, -0.25) is 4.79 Å². The SMILES string of the molecule is COC(=O)c1c(NC(=O)c2cccc(OC)c2OC)sc2c1CCCC2. The monoisotopic (exact) mass is 375 g/mol. The summed E-state index contributed by atoms with van der Waals surface area (Å²) in [7, 11) is 4.35. The summed E-state index contributed by atoms with van der Waals surface area (Å²) in [6.07, 6.45) is 3.87. The number of carbonyl (C=O) groups excluding carboxylic acids is 2. The highest BCUT2D eigenvalue weighted by atomic mass is 32.1. The maximum Gasteiger partial charge on any atom is 0.341 e. The lowest BCUT2D eigenvalue weighted by molar-refractivity contribution is 0.0601. The number of aryl methyl sites for hydroxylation is 1. The number of thiophene rings is 1. The maximum absolute atomic E-state index is 12.8. The highest BCUT2D eigenvalue weighted by Crippen LogP contribution is 2.39. The molecule has 0 fully saturated rings. The van der Waals surface area contributed by atoms with Crippen molar-refractivity contribution in [1.29, 1.82) is 0 Å². The van der Waals surface area contributed by atoms with Gasteiger partial charge in [0.1, 0.15) is 5.00 Å². The average molecular weight is 375 g/mol. The van der Waals surface area contributed by atoms with Gasteiger partial charge in [-0.25, -0.2) is 4.79 Å². The molecule has 6 nitrogen and oxygen atoms in total. The Bertz CT molecular complexity index is 843. The van der Waals surface area contributed by atoms with Gasteiger partial charge in [0.05, 0.1) is 32.5 Å². The maximum atomic E-state index is 12.8. The molecule has 1 amide bonds. The van der Waals surface area contributed by atoms with E-state index in [4.69, 9.17) is 14.2 Å².